The van der Waals surface area contributed by atoms with Gasteiger partial charge in [0, 0.05) is 18.9 Å². The molecule has 8 nitrogen and oxygen atoms in total. The number of rotatable bonds is 5. The molecule has 0 aliphatic carbocycles. The second-order valence-corrected chi connectivity index (χ2v) is 8.44. The number of aryl methyl sites for hydroxylation is 2. The molecular formula is C25H20F3N7O. The molecule has 1 aliphatic heterocycles. The van der Waals surface area contributed by atoms with Gasteiger partial charge >= 0.3 is 0 Å². The Hall–Kier alpha value is -4.46. The molecule has 0 saturated heterocycles. The van der Waals surface area contributed by atoms with E-state index < -0.39 is 22.9 Å². The van der Waals surface area contributed by atoms with Gasteiger partial charge in [-0.05, 0) is 61.2 Å². The minimum atomic E-state index is -1.58. The van der Waals surface area contributed by atoms with Crippen molar-refractivity contribution in [2.75, 3.05) is 7.11 Å². The quantitative estimate of drug-likeness (QED) is 0.385. The van der Waals surface area contributed by atoms with E-state index in [1.54, 1.807) is 47.1 Å². The largest absolute Gasteiger partial charge is 0.493 e. The molecule has 0 bridgehead atoms. The number of ether oxygens (including phenoxy) is 1. The number of hydrogen-bond acceptors (Lipinski definition) is 6. The number of hydrogen-bond donors (Lipinski definition) is 0. The molecule has 4 aromatic rings. The number of imidazole rings is 1. The summed E-state index contributed by atoms with van der Waals surface area (Å²) in [6.45, 7) is 2.36. The van der Waals surface area contributed by atoms with Gasteiger partial charge in [0.05, 0.1) is 18.9 Å². The summed E-state index contributed by atoms with van der Waals surface area (Å²) in [6, 6.07) is 5.65. The van der Waals surface area contributed by atoms with E-state index in [2.05, 4.69) is 26.1 Å². The van der Waals surface area contributed by atoms with Crippen molar-refractivity contribution in [3.8, 4) is 17.6 Å². The number of pyridine rings is 1. The standard InChI is InChI=1S/C25H20F3N7O/c1-15-12-34(14-31-15)23-20(36-2)8-16(11-30-23)4-5-21-32-24-25(13-29,6-3-7-35(24)33-21)17-9-18(26)22(28)19(27)10-17/h4-5,8-12,14H,3,6-7H2,1-2H3. The Morgan fingerprint density at radius 1 is 1.14 bits per heavy atom. The van der Waals surface area contributed by atoms with Crippen molar-refractivity contribution in [3.63, 3.8) is 0 Å². The second kappa shape index (κ2) is 8.96. The first kappa shape index (κ1) is 23.3. The van der Waals surface area contributed by atoms with Crippen LogP contribution >= 0.6 is 0 Å². The lowest BCUT2D eigenvalue weighted by atomic mass is 9.75. The first-order valence-corrected chi connectivity index (χ1v) is 11.1. The predicted molar refractivity (Wildman–Crippen MR) is 124 cm³/mol. The van der Waals surface area contributed by atoms with Crippen LogP contribution in [0.1, 0.15) is 41.3 Å². The monoisotopic (exact) mass is 491 g/mol. The molecule has 0 N–H and O–H groups in total. The molecule has 1 unspecified atom stereocenters. The number of nitrogens with zero attached hydrogens (tertiary/aromatic N) is 7. The summed E-state index contributed by atoms with van der Waals surface area (Å²) in [5.74, 6) is -2.60. The minimum Gasteiger partial charge on any atom is -0.493 e. The van der Waals surface area contributed by atoms with E-state index in [4.69, 9.17) is 4.74 Å². The number of methoxy groups -OCH3 is 1. The molecule has 0 saturated carbocycles. The Morgan fingerprint density at radius 3 is 2.58 bits per heavy atom. The fourth-order valence-corrected chi connectivity index (χ4v) is 4.35. The van der Waals surface area contributed by atoms with Crippen LogP contribution in [-0.2, 0) is 12.0 Å². The van der Waals surface area contributed by atoms with E-state index >= 15 is 0 Å². The van der Waals surface area contributed by atoms with Crippen molar-refractivity contribution < 1.29 is 17.9 Å². The lowest BCUT2D eigenvalue weighted by molar-refractivity contribution is 0.385. The van der Waals surface area contributed by atoms with Crippen LogP contribution in [-0.4, -0.2) is 36.4 Å². The van der Waals surface area contributed by atoms with Gasteiger partial charge in [0.2, 0.25) is 0 Å². The highest BCUT2D eigenvalue weighted by atomic mass is 19.2. The SMILES string of the molecule is COc1cc(C=Cc2nc3n(n2)CCCC3(C#N)c2cc(F)c(F)c(F)c2)cnc1-n1cnc(C)c1. The number of aromatic nitrogens is 6. The summed E-state index contributed by atoms with van der Waals surface area (Å²) in [5, 5.41) is 14.5. The van der Waals surface area contributed by atoms with Crippen LogP contribution in [0, 0.1) is 35.7 Å². The molecule has 4 heterocycles. The lowest BCUT2D eigenvalue weighted by Crippen LogP contribution is -2.35. The average molecular weight is 491 g/mol. The third-order valence-corrected chi connectivity index (χ3v) is 6.11. The lowest BCUT2D eigenvalue weighted by Gasteiger charge is -2.30. The predicted octanol–water partition coefficient (Wildman–Crippen LogP) is 4.37. The normalized spacial score (nSPS) is 17.2. The molecule has 5 rings (SSSR count). The molecule has 0 spiro atoms. The molecule has 0 amide bonds. The molecule has 0 fully saturated rings. The zero-order chi connectivity index (χ0) is 25.4. The van der Waals surface area contributed by atoms with Crippen LogP contribution in [0.4, 0.5) is 13.2 Å². The highest BCUT2D eigenvalue weighted by Crippen LogP contribution is 2.39. The number of benzene rings is 1. The van der Waals surface area contributed by atoms with Crippen LogP contribution < -0.4 is 4.74 Å². The maximum absolute atomic E-state index is 14.0. The summed E-state index contributed by atoms with van der Waals surface area (Å²) < 4.78 is 50.3. The Bertz CT molecular complexity index is 1510. The van der Waals surface area contributed by atoms with Gasteiger partial charge in [0.15, 0.2) is 40.7 Å². The first-order valence-electron chi connectivity index (χ1n) is 11.1. The van der Waals surface area contributed by atoms with Crippen molar-refractivity contribution in [2.45, 2.75) is 31.7 Å². The van der Waals surface area contributed by atoms with Crippen molar-refractivity contribution >= 4 is 12.2 Å². The van der Waals surface area contributed by atoms with Crippen molar-refractivity contribution in [1.29, 1.82) is 5.26 Å². The fourth-order valence-electron chi connectivity index (χ4n) is 4.35. The van der Waals surface area contributed by atoms with E-state index in [1.165, 1.54) is 0 Å². The van der Waals surface area contributed by atoms with Gasteiger partial charge in [-0.2, -0.15) is 10.4 Å². The molecule has 0 radical (unpaired) electrons. The minimum absolute atomic E-state index is 0.00421. The maximum Gasteiger partial charge on any atom is 0.194 e. The zero-order valence-electron chi connectivity index (χ0n) is 19.4. The van der Waals surface area contributed by atoms with E-state index in [1.807, 2.05) is 13.1 Å². The summed E-state index contributed by atoms with van der Waals surface area (Å²) in [5.41, 5.74) is 0.110. The molecule has 3 aromatic heterocycles. The number of halogens is 3. The van der Waals surface area contributed by atoms with Gasteiger partial charge in [-0.3, -0.25) is 4.57 Å². The third-order valence-electron chi connectivity index (χ3n) is 6.11. The van der Waals surface area contributed by atoms with E-state index in [0.717, 1.165) is 23.4 Å². The summed E-state index contributed by atoms with van der Waals surface area (Å²) in [7, 11) is 1.55. The van der Waals surface area contributed by atoms with E-state index in [-0.39, 0.29) is 17.8 Å². The Labute approximate surface area is 204 Å². The van der Waals surface area contributed by atoms with Crippen LogP contribution in [0.5, 0.6) is 5.75 Å². The second-order valence-electron chi connectivity index (χ2n) is 8.44. The number of nitriles is 1. The molecule has 1 aromatic carbocycles. The van der Waals surface area contributed by atoms with E-state index in [9.17, 15) is 18.4 Å². The molecule has 182 valence electrons. The Morgan fingerprint density at radius 2 is 1.92 bits per heavy atom. The van der Waals surface area contributed by atoms with Crippen molar-refractivity contribution in [3.05, 3.63) is 82.8 Å². The first-order chi connectivity index (χ1) is 17.3. The molecule has 1 atom stereocenters. The van der Waals surface area contributed by atoms with Crippen LogP contribution in [0.25, 0.3) is 18.0 Å². The zero-order valence-corrected chi connectivity index (χ0v) is 19.4. The van der Waals surface area contributed by atoms with Crippen LogP contribution in [0.3, 0.4) is 0 Å². The smallest absolute Gasteiger partial charge is 0.194 e. The van der Waals surface area contributed by atoms with Gasteiger partial charge in [-0.25, -0.2) is 32.8 Å². The van der Waals surface area contributed by atoms with Gasteiger partial charge in [0.1, 0.15) is 11.7 Å². The Kier molecular flexibility index (Phi) is 5.80. The van der Waals surface area contributed by atoms with Crippen LogP contribution in [0.2, 0.25) is 0 Å². The number of fused-ring (bicyclic) bond motifs is 1. The highest BCUT2D eigenvalue weighted by Gasteiger charge is 2.43. The molecular weight excluding hydrogens is 471 g/mol. The third kappa shape index (κ3) is 3.90. The summed E-state index contributed by atoms with van der Waals surface area (Å²) in [6.07, 6.45) is 9.33. The van der Waals surface area contributed by atoms with Gasteiger partial charge in [-0.15, -0.1) is 0 Å². The molecule has 36 heavy (non-hydrogen) atoms. The Balaban J connectivity index is 1.49. The maximum atomic E-state index is 14.0. The fraction of sp³-hybridized carbons (Fsp3) is 0.240. The van der Waals surface area contributed by atoms with E-state index in [0.29, 0.717) is 30.4 Å². The van der Waals surface area contributed by atoms with Gasteiger partial charge < -0.3 is 4.74 Å². The van der Waals surface area contributed by atoms with Crippen LogP contribution in [0.15, 0.2) is 36.9 Å². The topological polar surface area (TPSA) is 94.4 Å². The average Bonchev–Trinajstić information content (AvgIpc) is 3.51. The van der Waals surface area contributed by atoms with Gasteiger partial charge in [-0.1, -0.05) is 0 Å². The van der Waals surface area contributed by atoms with Crippen molar-refractivity contribution in [2.24, 2.45) is 0 Å². The van der Waals surface area contributed by atoms with Crippen molar-refractivity contribution in [1.82, 2.24) is 29.3 Å². The molecule has 11 heteroatoms. The van der Waals surface area contributed by atoms with Gasteiger partial charge in [0.25, 0.3) is 0 Å². The molecule has 1 aliphatic rings. The summed E-state index contributed by atoms with van der Waals surface area (Å²) >= 11 is 0. The highest BCUT2D eigenvalue weighted by molar-refractivity contribution is 5.68. The summed E-state index contributed by atoms with van der Waals surface area (Å²) in [4.78, 5) is 13.2.